The van der Waals surface area contributed by atoms with Gasteiger partial charge >= 0.3 is 6.09 Å². The first-order valence-electron chi connectivity index (χ1n) is 12.0. The third kappa shape index (κ3) is 6.90. The van der Waals surface area contributed by atoms with Crippen LogP contribution in [0, 0.1) is 0 Å². The van der Waals surface area contributed by atoms with E-state index in [1.807, 2.05) is 45.3 Å². The van der Waals surface area contributed by atoms with Gasteiger partial charge in [0.15, 0.2) is 0 Å². The highest BCUT2D eigenvalue weighted by atomic mass is 16.6. The van der Waals surface area contributed by atoms with Gasteiger partial charge in [0.25, 0.3) is 0 Å². The van der Waals surface area contributed by atoms with Crippen molar-refractivity contribution in [2.75, 3.05) is 13.2 Å². The summed E-state index contributed by atoms with van der Waals surface area (Å²) in [6, 6.07) is 6.18. The summed E-state index contributed by atoms with van der Waals surface area (Å²) in [6.07, 6.45) is 13.6. The van der Waals surface area contributed by atoms with Crippen LogP contribution in [-0.2, 0) is 22.3 Å². The first kappa shape index (κ1) is 23.5. The molecule has 7 heteroatoms. The van der Waals surface area contributed by atoms with Gasteiger partial charge in [0.1, 0.15) is 18.0 Å². The number of aryl methyl sites for hydroxylation is 1. The Hall–Kier alpha value is -2.67. The molecule has 0 aromatic carbocycles. The number of aromatic nitrogens is 2. The number of hydrogen-bond donors (Lipinski definition) is 0. The molecular formula is C26H35N3O4. The standard InChI is InChI=1S/C26H35N3O4/c1-26(2,3)33-25(30)29-12-10-21(29)18-31-24-14-20(16-28-17-24)6-7-22-8-9-23(32-22)13-19-5-4-11-27-15-19/h4-5,11,14-17,21-23H,6-10,12-13,18H2,1-3H3/t21-,22-,23+/m0/s1. The summed E-state index contributed by atoms with van der Waals surface area (Å²) < 4.78 is 17.7. The summed E-state index contributed by atoms with van der Waals surface area (Å²) in [6.45, 7) is 6.80. The number of nitrogens with zero attached hydrogens (tertiary/aromatic N) is 3. The number of pyridine rings is 2. The highest BCUT2D eigenvalue weighted by Crippen LogP contribution is 2.27. The van der Waals surface area contributed by atoms with Crippen molar-refractivity contribution in [1.82, 2.24) is 14.9 Å². The molecule has 0 unspecified atom stereocenters. The Balaban J connectivity index is 1.20. The van der Waals surface area contributed by atoms with Crippen LogP contribution in [0.3, 0.4) is 0 Å². The topological polar surface area (TPSA) is 73.8 Å². The second-order valence-electron chi connectivity index (χ2n) is 10.0. The summed E-state index contributed by atoms with van der Waals surface area (Å²) in [5, 5.41) is 0. The molecule has 2 fully saturated rings. The summed E-state index contributed by atoms with van der Waals surface area (Å²) >= 11 is 0. The van der Waals surface area contributed by atoms with Crippen LogP contribution in [0.2, 0.25) is 0 Å². The number of hydrogen-bond acceptors (Lipinski definition) is 6. The predicted octanol–water partition coefficient (Wildman–Crippen LogP) is 4.59. The van der Waals surface area contributed by atoms with Crippen molar-refractivity contribution >= 4 is 6.09 Å². The number of carbonyl (C=O) groups is 1. The zero-order chi connectivity index (χ0) is 23.3. The number of ether oxygens (including phenoxy) is 3. The van der Waals surface area contributed by atoms with Gasteiger partial charge in [-0.1, -0.05) is 6.07 Å². The molecule has 0 N–H and O–H groups in total. The Morgan fingerprint density at radius 1 is 1.12 bits per heavy atom. The van der Waals surface area contributed by atoms with E-state index in [2.05, 4.69) is 16.0 Å². The van der Waals surface area contributed by atoms with E-state index in [9.17, 15) is 4.79 Å². The Morgan fingerprint density at radius 3 is 2.67 bits per heavy atom. The molecular weight excluding hydrogens is 418 g/mol. The summed E-state index contributed by atoms with van der Waals surface area (Å²) in [7, 11) is 0. The van der Waals surface area contributed by atoms with Gasteiger partial charge in [-0.05, 0) is 76.1 Å². The molecule has 4 rings (SSSR count). The van der Waals surface area contributed by atoms with Crippen LogP contribution in [0.1, 0.15) is 57.6 Å². The van der Waals surface area contributed by atoms with E-state index in [1.165, 1.54) is 5.56 Å². The lowest BCUT2D eigenvalue weighted by atomic mass is 10.0. The molecule has 0 radical (unpaired) electrons. The lowest BCUT2D eigenvalue weighted by molar-refractivity contribution is -0.0141. The zero-order valence-corrected chi connectivity index (χ0v) is 19.9. The number of rotatable bonds is 8. The zero-order valence-electron chi connectivity index (χ0n) is 19.9. The monoisotopic (exact) mass is 453 g/mol. The molecule has 2 aromatic rings. The van der Waals surface area contributed by atoms with Crippen molar-refractivity contribution in [2.45, 2.75) is 83.1 Å². The van der Waals surface area contributed by atoms with Crippen LogP contribution in [0.4, 0.5) is 4.79 Å². The first-order chi connectivity index (χ1) is 15.9. The normalized spacial score (nSPS) is 22.6. The van der Waals surface area contributed by atoms with Gasteiger partial charge in [-0.3, -0.25) is 9.97 Å². The molecule has 2 saturated heterocycles. The van der Waals surface area contributed by atoms with E-state index in [1.54, 1.807) is 17.3 Å². The van der Waals surface area contributed by atoms with Crippen molar-refractivity contribution < 1.29 is 19.0 Å². The van der Waals surface area contributed by atoms with E-state index in [4.69, 9.17) is 14.2 Å². The minimum absolute atomic E-state index is 0.0483. The lowest BCUT2D eigenvalue weighted by Gasteiger charge is -2.40. The average molecular weight is 454 g/mol. The minimum Gasteiger partial charge on any atom is -0.490 e. The van der Waals surface area contributed by atoms with E-state index in [0.29, 0.717) is 13.2 Å². The second kappa shape index (κ2) is 10.5. The molecule has 2 aromatic heterocycles. The molecule has 33 heavy (non-hydrogen) atoms. The lowest BCUT2D eigenvalue weighted by Crippen LogP contribution is -2.55. The number of carbonyl (C=O) groups excluding carboxylic acids is 1. The summed E-state index contributed by atoms with van der Waals surface area (Å²) in [5.74, 6) is 0.741. The highest BCUT2D eigenvalue weighted by Gasteiger charge is 2.35. The van der Waals surface area contributed by atoms with Crippen LogP contribution in [0.25, 0.3) is 0 Å². The first-order valence-corrected chi connectivity index (χ1v) is 12.0. The Labute approximate surface area is 196 Å². The molecule has 0 saturated carbocycles. The van der Waals surface area contributed by atoms with Gasteiger partial charge in [-0.15, -0.1) is 0 Å². The molecule has 3 atom stereocenters. The van der Waals surface area contributed by atoms with Crippen LogP contribution in [0.15, 0.2) is 43.0 Å². The van der Waals surface area contributed by atoms with Crippen molar-refractivity contribution in [1.29, 1.82) is 0 Å². The van der Waals surface area contributed by atoms with Crippen LogP contribution in [-0.4, -0.2) is 58.0 Å². The highest BCUT2D eigenvalue weighted by molar-refractivity contribution is 5.69. The van der Waals surface area contributed by atoms with Crippen LogP contribution < -0.4 is 4.74 Å². The predicted molar refractivity (Wildman–Crippen MR) is 125 cm³/mol. The maximum Gasteiger partial charge on any atom is 0.410 e. The average Bonchev–Trinajstić information content (AvgIpc) is 3.18. The van der Waals surface area contributed by atoms with Crippen molar-refractivity contribution in [2.24, 2.45) is 0 Å². The van der Waals surface area contributed by atoms with Gasteiger partial charge in [0.05, 0.1) is 24.4 Å². The fourth-order valence-electron chi connectivity index (χ4n) is 4.30. The van der Waals surface area contributed by atoms with Gasteiger partial charge in [-0.25, -0.2) is 4.79 Å². The van der Waals surface area contributed by atoms with Crippen LogP contribution >= 0.6 is 0 Å². The third-order valence-electron chi connectivity index (χ3n) is 6.12. The number of amides is 1. The van der Waals surface area contributed by atoms with Gasteiger partial charge in [0, 0.05) is 31.6 Å². The fraction of sp³-hybridized carbons (Fsp3) is 0.577. The largest absolute Gasteiger partial charge is 0.490 e. The van der Waals surface area contributed by atoms with Crippen molar-refractivity contribution in [3.8, 4) is 5.75 Å². The van der Waals surface area contributed by atoms with E-state index in [0.717, 1.165) is 49.8 Å². The molecule has 0 bridgehead atoms. The van der Waals surface area contributed by atoms with E-state index < -0.39 is 5.60 Å². The third-order valence-corrected chi connectivity index (χ3v) is 6.12. The summed E-state index contributed by atoms with van der Waals surface area (Å²) in [5.41, 5.74) is 1.89. The Morgan fingerprint density at radius 2 is 1.94 bits per heavy atom. The molecule has 2 aliphatic rings. The van der Waals surface area contributed by atoms with Gasteiger partial charge in [-0.2, -0.15) is 0 Å². The van der Waals surface area contributed by atoms with E-state index >= 15 is 0 Å². The second-order valence-corrected chi connectivity index (χ2v) is 10.0. The quantitative estimate of drug-likeness (QED) is 0.582. The van der Waals surface area contributed by atoms with E-state index in [-0.39, 0.29) is 24.3 Å². The maximum absolute atomic E-state index is 12.3. The SMILES string of the molecule is CC(C)(C)OC(=O)N1CC[C@H]1COc1cncc(CC[C@H]2CC[C@H](Cc3cccnc3)O2)c1. The molecule has 7 nitrogen and oxygen atoms in total. The van der Waals surface area contributed by atoms with Crippen molar-refractivity contribution in [3.05, 3.63) is 54.1 Å². The molecule has 1 amide bonds. The van der Waals surface area contributed by atoms with Crippen molar-refractivity contribution in [3.63, 3.8) is 0 Å². The molecule has 178 valence electrons. The van der Waals surface area contributed by atoms with Crippen LogP contribution in [0.5, 0.6) is 5.75 Å². The molecule has 4 heterocycles. The smallest absolute Gasteiger partial charge is 0.410 e. The van der Waals surface area contributed by atoms with Gasteiger partial charge < -0.3 is 19.1 Å². The van der Waals surface area contributed by atoms with Gasteiger partial charge in [0.2, 0.25) is 0 Å². The summed E-state index contributed by atoms with van der Waals surface area (Å²) in [4.78, 5) is 22.6. The maximum atomic E-state index is 12.3. The molecule has 0 aliphatic carbocycles. The fourth-order valence-corrected chi connectivity index (χ4v) is 4.30. The Bertz CT molecular complexity index is 915. The molecule has 2 aliphatic heterocycles. The Kier molecular flexibility index (Phi) is 7.48. The number of likely N-dealkylation sites (tertiary alicyclic amines) is 1. The molecule has 0 spiro atoms. The minimum atomic E-state index is -0.488.